The van der Waals surface area contributed by atoms with E-state index in [0.29, 0.717) is 30.0 Å². The number of carbonyl (C=O) groups excluding carboxylic acids is 1. The van der Waals surface area contributed by atoms with Crippen LogP contribution in [0.15, 0.2) is 34.3 Å². The smallest absolute Gasteiger partial charge is 0.243 e. The Morgan fingerprint density at radius 3 is 2.45 bits per heavy atom. The number of rotatable bonds is 7. The van der Waals surface area contributed by atoms with Crippen LogP contribution in [0.25, 0.3) is 0 Å². The van der Waals surface area contributed by atoms with Gasteiger partial charge in [0.1, 0.15) is 0 Å². The number of anilines is 1. The summed E-state index contributed by atoms with van der Waals surface area (Å²) >= 11 is 1.29. The molecule has 156 valence electrons. The van der Waals surface area contributed by atoms with E-state index < -0.39 is 10.0 Å². The summed E-state index contributed by atoms with van der Waals surface area (Å²) in [6, 6.07) is 6.71. The molecule has 9 nitrogen and oxygen atoms in total. The number of aromatic nitrogens is 4. The summed E-state index contributed by atoms with van der Waals surface area (Å²) in [5, 5.41) is 15.0. The fourth-order valence-electron chi connectivity index (χ4n) is 3.30. The number of hydrogen-bond donors (Lipinski definition) is 1. The second kappa shape index (κ2) is 8.80. The van der Waals surface area contributed by atoms with Crippen molar-refractivity contribution in [2.75, 3.05) is 24.2 Å². The molecule has 0 atom stereocenters. The molecule has 2 aliphatic rings. The molecule has 29 heavy (non-hydrogen) atoms. The zero-order valence-electron chi connectivity index (χ0n) is 16.0. The van der Waals surface area contributed by atoms with E-state index in [2.05, 4.69) is 20.8 Å². The predicted molar refractivity (Wildman–Crippen MR) is 109 cm³/mol. The summed E-state index contributed by atoms with van der Waals surface area (Å²) in [5.41, 5.74) is 0.562. The van der Waals surface area contributed by atoms with E-state index >= 15 is 0 Å². The van der Waals surface area contributed by atoms with Gasteiger partial charge in [0.25, 0.3) is 0 Å². The highest BCUT2D eigenvalue weighted by Crippen LogP contribution is 2.36. The number of hydrogen-bond acceptors (Lipinski definition) is 7. The molecule has 11 heteroatoms. The molecule has 1 N–H and O–H groups in total. The first-order valence-corrected chi connectivity index (χ1v) is 12.3. The zero-order chi connectivity index (χ0) is 20.3. The van der Waals surface area contributed by atoms with Gasteiger partial charge in [0.2, 0.25) is 21.1 Å². The van der Waals surface area contributed by atoms with Crippen molar-refractivity contribution in [2.24, 2.45) is 0 Å². The van der Waals surface area contributed by atoms with Crippen molar-refractivity contribution in [1.29, 1.82) is 0 Å². The lowest BCUT2D eigenvalue weighted by molar-refractivity contribution is -0.113. The summed E-state index contributed by atoms with van der Waals surface area (Å²) in [6.45, 7) is 1.14. The Hall–Kier alpha value is -1.98. The normalized spacial score (nSPS) is 18.3. The third kappa shape index (κ3) is 4.96. The van der Waals surface area contributed by atoms with Gasteiger partial charge in [-0.2, -0.15) is 4.31 Å². The molecule has 1 aliphatic heterocycles. The second-order valence-corrected chi connectivity index (χ2v) is 10.2. The maximum atomic E-state index is 12.8. The number of nitrogens with one attached hydrogen (secondary N) is 1. The Bertz CT molecular complexity index is 948. The quantitative estimate of drug-likeness (QED) is 0.663. The molecular formula is C18H24N6O3S2. The van der Waals surface area contributed by atoms with Gasteiger partial charge in [-0.15, -0.1) is 5.10 Å². The van der Waals surface area contributed by atoms with Crippen molar-refractivity contribution in [1.82, 2.24) is 24.5 Å². The number of sulfonamides is 1. The standard InChI is InChI=1S/C18H24N6O3S2/c25-17(13-28-18-20-21-22-24(18)15-7-8-15)19-14-5-9-16(10-6-14)29(26,27)23-11-3-1-2-4-12-23/h5-6,9-10,15H,1-4,7-8,11-13H2,(H,19,25). The van der Waals surface area contributed by atoms with Gasteiger partial charge in [0, 0.05) is 18.8 Å². The van der Waals surface area contributed by atoms with Crippen molar-refractivity contribution >= 4 is 33.4 Å². The van der Waals surface area contributed by atoms with Crippen LogP contribution in [0.4, 0.5) is 5.69 Å². The van der Waals surface area contributed by atoms with E-state index in [4.69, 9.17) is 0 Å². The maximum absolute atomic E-state index is 12.8. The van der Waals surface area contributed by atoms with E-state index in [-0.39, 0.29) is 16.6 Å². The SMILES string of the molecule is O=C(CSc1nnnn1C1CC1)Nc1ccc(S(=O)(=O)N2CCCCCC2)cc1. The lowest BCUT2D eigenvalue weighted by Gasteiger charge is -2.20. The van der Waals surface area contributed by atoms with Crippen LogP contribution >= 0.6 is 11.8 Å². The van der Waals surface area contributed by atoms with E-state index in [0.717, 1.165) is 38.5 Å². The van der Waals surface area contributed by atoms with Crippen molar-refractivity contribution in [3.8, 4) is 0 Å². The summed E-state index contributed by atoms with van der Waals surface area (Å²) < 4.78 is 29.0. The lowest BCUT2D eigenvalue weighted by atomic mass is 10.2. The van der Waals surface area contributed by atoms with Crippen molar-refractivity contribution in [3.63, 3.8) is 0 Å². The van der Waals surface area contributed by atoms with E-state index in [1.54, 1.807) is 33.3 Å². The minimum absolute atomic E-state index is 0.181. The van der Waals surface area contributed by atoms with Crippen molar-refractivity contribution in [3.05, 3.63) is 24.3 Å². The molecule has 0 bridgehead atoms. The summed E-state index contributed by atoms with van der Waals surface area (Å²) in [5.74, 6) is -0.00976. The number of thioether (sulfide) groups is 1. The number of tetrazole rings is 1. The molecule has 1 aromatic heterocycles. The highest BCUT2D eigenvalue weighted by atomic mass is 32.2. The molecule has 2 aromatic rings. The fourth-order valence-corrected chi connectivity index (χ4v) is 5.56. The Kier molecular flexibility index (Phi) is 6.16. The molecule has 4 rings (SSSR count). The molecule has 1 aromatic carbocycles. The van der Waals surface area contributed by atoms with Gasteiger partial charge >= 0.3 is 0 Å². The second-order valence-electron chi connectivity index (χ2n) is 7.32. The predicted octanol–water partition coefficient (Wildman–Crippen LogP) is 2.30. The van der Waals surface area contributed by atoms with Gasteiger partial charge in [-0.1, -0.05) is 24.6 Å². The largest absolute Gasteiger partial charge is 0.325 e. The summed E-state index contributed by atoms with van der Waals surface area (Å²) in [7, 11) is -3.49. The molecular weight excluding hydrogens is 412 g/mol. The molecule has 0 unspecified atom stereocenters. The van der Waals surface area contributed by atoms with Crippen molar-refractivity contribution < 1.29 is 13.2 Å². The van der Waals surface area contributed by atoms with Crippen LogP contribution in [-0.2, 0) is 14.8 Å². The number of nitrogens with zero attached hydrogens (tertiary/aromatic N) is 5. The van der Waals surface area contributed by atoms with E-state index in [1.807, 2.05) is 0 Å². The first kappa shape index (κ1) is 20.3. The van der Waals surface area contributed by atoms with Crippen LogP contribution in [0.5, 0.6) is 0 Å². The van der Waals surface area contributed by atoms with Gasteiger partial charge in [0.05, 0.1) is 16.7 Å². The first-order chi connectivity index (χ1) is 14.0. The highest BCUT2D eigenvalue weighted by Gasteiger charge is 2.28. The zero-order valence-corrected chi connectivity index (χ0v) is 17.7. The van der Waals surface area contributed by atoms with Crippen LogP contribution in [-0.4, -0.2) is 57.7 Å². The average molecular weight is 437 g/mol. The summed E-state index contributed by atoms with van der Waals surface area (Å²) in [6.07, 6.45) is 6.07. The highest BCUT2D eigenvalue weighted by molar-refractivity contribution is 7.99. The monoisotopic (exact) mass is 436 g/mol. The van der Waals surface area contributed by atoms with Crippen LogP contribution < -0.4 is 5.32 Å². The van der Waals surface area contributed by atoms with E-state index in [9.17, 15) is 13.2 Å². The average Bonchev–Trinajstić information content (AvgIpc) is 3.50. The molecule has 1 saturated heterocycles. The molecule has 0 spiro atoms. The first-order valence-electron chi connectivity index (χ1n) is 9.85. The fraction of sp³-hybridized carbons (Fsp3) is 0.556. The molecule has 1 amide bonds. The number of amides is 1. The Morgan fingerprint density at radius 2 is 1.79 bits per heavy atom. The lowest BCUT2D eigenvalue weighted by Crippen LogP contribution is -2.31. The van der Waals surface area contributed by atoms with Crippen molar-refractivity contribution in [2.45, 2.75) is 54.6 Å². The van der Waals surface area contributed by atoms with Gasteiger partial charge < -0.3 is 5.32 Å². The molecule has 1 saturated carbocycles. The van der Waals surface area contributed by atoms with Gasteiger partial charge in [-0.05, 0) is 60.4 Å². The summed E-state index contributed by atoms with van der Waals surface area (Å²) in [4.78, 5) is 12.5. The van der Waals surface area contributed by atoms with Gasteiger partial charge in [0.15, 0.2) is 0 Å². The Labute approximate surface area is 174 Å². The molecule has 1 aliphatic carbocycles. The van der Waals surface area contributed by atoms with Crippen LogP contribution in [0, 0.1) is 0 Å². The minimum atomic E-state index is -3.49. The van der Waals surface area contributed by atoms with E-state index in [1.165, 1.54) is 11.8 Å². The van der Waals surface area contributed by atoms with Gasteiger partial charge in [-0.25, -0.2) is 13.1 Å². The minimum Gasteiger partial charge on any atom is -0.325 e. The Morgan fingerprint density at radius 1 is 1.10 bits per heavy atom. The third-order valence-corrected chi connectivity index (χ3v) is 7.87. The Balaban J connectivity index is 1.33. The third-order valence-electron chi connectivity index (χ3n) is 5.03. The molecule has 0 radical (unpaired) electrons. The van der Waals surface area contributed by atoms with Crippen LogP contribution in [0.2, 0.25) is 0 Å². The topological polar surface area (TPSA) is 110 Å². The van der Waals surface area contributed by atoms with Crippen LogP contribution in [0.3, 0.4) is 0 Å². The number of benzene rings is 1. The van der Waals surface area contributed by atoms with Crippen LogP contribution in [0.1, 0.15) is 44.6 Å². The molecule has 2 fully saturated rings. The number of carbonyl (C=O) groups is 1. The van der Waals surface area contributed by atoms with Gasteiger partial charge in [-0.3, -0.25) is 4.79 Å². The maximum Gasteiger partial charge on any atom is 0.243 e. The molecule has 2 heterocycles.